The van der Waals surface area contributed by atoms with Crippen molar-refractivity contribution in [3.63, 3.8) is 0 Å². The zero-order valence-corrected chi connectivity index (χ0v) is 18.3. The third-order valence-electron chi connectivity index (χ3n) is 5.84. The largest absolute Gasteiger partial charge is 0.431 e. The Bertz CT molecular complexity index is 1370. The van der Waals surface area contributed by atoms with Crippen molar-refractivity contribution in [2.45, 2.75) is 6.18 Å². The second-order valence-electron chi connectivity index (χ2n) is 8.03. The van der Waals surface area contributed by atoms with Gasteiger partial charge in [-0.3, -0.25) is 9.59 Å². The maximum atomic E-state index is 14.1. The molecule has 5 rings (SSSR count). The molecular weight excluding hydrogens is 489 g/mol. The van der Waals surface area contributed by atoms with Gasteiger partial charge in [0, 0.05) is 32.2 Å². The maximum Gasteiger partial charge on any atom is 0.417 e. The number of amides is 2. The quantitative estimate of drug-likeness (QED) is 0.528. The summed E-state index contributed by atoms with van der Waals surface area (Å²) in [5, 5.41) is 10.1. The molecule has 0 saturated carbocycles. The average Bonchev–Trinajstić information content (AvgIpc) is 3.02. The summed E-state index contributed by atoms with van der Waals surface area (Å²) < 4.78 is 73.5. The minimum absolute atomic E-state index is 0.0916. The molecule has 1 aromatic heterocycles. The molecule has 0 atom stereocenters. The number of ether oxygens (including phenoxy) is 1. The van der Waals surface area contributed by atoms with Gasteiger partial charge in [-0.1, -0.05) is 12.1 Å². The van der Waals surface area contributed by atoms with E-state index < -0.39 is 52.2 Å². The zero-order chi connectivity index (χ0) is 25.6. The topological polar surface area (TPSA) is 87.7 Å². The summed E-state index contributed by atoms with van der Waals surface area (Å²) in [6.07, 6.45) is -4.67. The van der Waals surface area contributed by atoms with E-state index in [1.54, 1.807) is 4.90 Å². The molecule has 1 saturated heterocycles. The second kappa shape index (κ2) is 8.73. The number of hydrogen-bond donors (Lipinski definition) is 1. The number of rotatable bonds is 2. The monoisotopic (exact) mass is 505 g/mol. The maximum absolute atomic E-state index is 14.1. The van der Waals surface area contributed by atoms with Crippen molar-refractivity contribution >= 4 is 23.3 Å². The molecule has 8 nitrogen and oxygen atoms in total. The van der Waals surface area contributed by atoms with E-state index in [1.807, 2.05) is 0 Å². The number of halogens is 5. The summed E-state index contributed by atoms with van der Waals surface area (Å²) in [6.45, 7) is 0.571. The van der Waals surface area contributed by atoms with Crippen LogP contribution in [0, 0.1) is 11.6 Å². The lowest BCUT2D eigenvalue weighted by atomic mass is 10.1. The van der Waals surface area contributed by atoms with E-state index in [0.717, 1.165) is 24.3 Å². The van der Waals surface area contributed by atoms with Crippen LogP contribution >= 0.6 is 0 Å². The Morgan fingerprint density at radius 2 is 1.67 bits per heavy atom. The molecule has 2 amide bonds. The van der Waals surface area contributed by atoms with Crippen molar-refractivity contribution < 1.29 is 36.3 Å². The Labute approximate surface area is 200 Å². The number of piperazine rings is 1. The van der Waals surface area contributed by atoms with Gasteiger partial charge in [0.1, 0.15) is 11.3 Å². The summed E-state index contributed by atoms with van der Waals surface area (Å²) in [5.41, 5.74) is -2.02. The first-order valence-electron chi connectivity index (χ1n) is 10.7. The molecule has 1 N–H and O–H groups in total. The van der Waals surface area contributed by atoms with Gasteiger partial charge in [-0.15, -0.1) is 10.2 Å². The Hall–Kier alpha value is -4.29. The molecule has 2 aliphatic rings. The van der Waals surface area contributed by atoms with Crippen molar-refractivity contribution in [2.24, 2.45) is 0 Å². The minimum Gasteiger partial charge on any atom is -0.431 e. The highest BCUT2D eigenvalue weighted by Crippen LogP contribution is 2.39. The normalized spacial score (nSPS) is 15.4. The molecule has 3 aromatic rings. The number of anilines is 2. The van der Waals surface area contributed by atoms with Crippen LogP contribution in [-0.4, -0.2) is 53.1 Å². The molecule has 3 heterocycles. The summed E-state index contributed by atoms with van der Waals surface area (Å²) in [5.74, 6) is -3.96. The van der Waals surface area contributed by atoms with Crippen LogP contribution < -0.4 is 15.0 Å². The van der Waals surface area contributed by atoms with Gasteiger partial charge in [0.05, 0.1) is 11.1 Å². The lowest BCUT2D eigenvalue weighted by molar-refractivity contribution is -0.138. The number of carbonyl (C=O) groups excluding carboxylic acids is 2. The third kappa shape index (κ3) is 4.16. The molecule has 36 heavy (non-hydrogen) atoms. The standard InChI is InChI=1S/C23H16F5N5O3/c24-15-5-6-16(25)19-18(15)29-20(34)13-11-17(30-31-21(13)36-19)32-7-9-33(10-8-32)22(35)12-3-1-2-4-14(12)23(26,27)28/h1-6,11H,7-10H2,(H,29,34). The summed E-state index contributed by atoms with van der Waals surface area (Å²) in [6, 6.07) is 7.61. The van der Waals surface area contributed by atoms with Crippen LogP contribution in [0.2, 0.25) is 0 Å². The number of alkyl halides is 3. The number of carbonyl (C=O) groups is 2. The summed E-state index contributed by atoms with van der Waals surface area (Å²) >= 11 is 0. The molecule has 13 heteroatoms. The van der Waals surface area contributed by atoms with E-state index in [2.05, 4.69) is 15.5 Å². The number of fused-ring (bicyclic) bond motifs is 2. The highest BCUT2D eigenvalue weighted by molar-refractivity contribution is 6.08. The van der Waals surface area contributed by atoms with Crippen molar-refractivity contribution in [3.05, 3.63) is 70.8 Å². The Kier molecular flexibility index (Phi) is 5.69. The number of nitrogens with one attached hydrogen (secondary N) is 1. The molecule has 0 aliphatic carbocycles. The lowest BCUT2D eigenvalue weighted by Gasteiger charge is -2.35. The summed E-state index contributed by atoms with van der Waals surface area (Å²) in [4.78, 5) is 28.4. The first-order chi connectivity index (χ1) is 17.1. The molecule has 2 aromatic carbocycles. The summed E-state index contributed by atoms with van der Waals surface area (Å²) in [7, 11) is 0. The molecule has 0 radical (unpaired) electrons. The van der Waals surface area contributed by atoms with Gasteiger partial charge in [0.25, 0.3) is 17.7 Å². The van der Waals surface area contributed by atoms with Crippen LogP contribution in [0.1, 0.15) is 26.3 Å². The van der Waals surface area contributed by atoms with Gasteiger partial charge in [-0.2, -0.15) is 13.2 Å². The first-order valence-corrected chi connectivity index (χ1v) is 10.7. The van der Waals surface area contributed by atoms with E-state index >= 15 is 0 Å². The van der Waals surface area contributed by atoms with E-state index in [-0.39, 0.29) is 43.4 Å². The van der Waals surface area contributed by atoms with Gasteiger partial charge in [0.2, 0.25) is 0 Å². The number of benzene rings is 2. The van der Waals surface area contributed by atoms with Crippen molar-refractivity contribution in [1.29, 1.82) is 0 Å². The third-order valence-corrected chi connectivity index (χ3v) is 5.84. The fraction of sp³-hybridized carbons (Fsp3) is 0.217. The molecule has 2 aliphatic heterocycles. The van der Waals surface area contributed by atoms with Gasteiger partial charge < -0.3 is 19.9 Å². The smallest absolute Gasteiger partial charge is 0.417 e. The zero-order valence-electron chi connectivity index (χ0n) is 18.3. The minimum atomic E-state index is -4.67. The Morgan fingerprint density at radius 3 is 2.39 bits per heavy atom. The van der Waals surface area contributed by atoms with Crippen molar-refractivity contribution in [3.8, 4) is 11.6 Å². The predicted molar refractivity (Wildman–Crippen MR) is 116 cm³/mol. The van der Waals surface area contributed by atoms with Gasteiger partial charge in [-0.25, -0.2) is 8.78 Å². The van der Waals surface area contributed by atoms with Crippen LogP contribution in [0.4, 0.5) is 33.5 Å². The van der Waals surface area contributed by atoms with Crippen LogP contribution in [0.15, 0.2) is 42.5 Å². The van der Waals surface area contributed by atoms with Crippen LogP contribution in [0.25, 0.3) is 0 Å². The average molecular weight is 505 g/mol. The molecular formula is C23H16F5N5O3. The molecule has 0 bridgehead atoms. The van der Waals surface area contributed by atoms with Crippen LogP contribution in [0.3, 0.4) is 0 Å². The van der Waals surface area contributed by atoms with Crippen LogP contribution in [0.5, 0.6) is 11.6 Å². The second-order valence-corrected chi connectivity index (χ2v) is 8.03. The van der Waals surface area contributed by atoms with Crippen molar-refractivity contribution in [1.82, 2.24) is 15.1 Å². The highest BCUT2D eigenvalue weighted by atomic mass is 19.4. The lowest BCUT2D eigenvalue weighted by Crippen LogP contribution is -2.49. The number of aromatic nitrogens is 2. The molecule has 186 valence electrons. The van der Waals surface area contributed by atoms with E-state index in [9.17, 15) is 31.5 Å². The van der Waals surface area contributed by atoms with Crippen molar-refractivity contribution in [2.75, 3.05) is 36.4 Å². The Morgan fingerprint density at radius 1 is 0.972 bits per heavy atom. The number of nitrogens with zero attached hydrogens (tertiary/aromatic N) is 4. The Balaban J connectivity index is 1.33. The van der Waals surface area contributed by atoms with Gasteiger partial charge in [-0.05, 0) is 24.3 Å². The fourth-order valence-electron chi connectivity index (χ4n) is 4.02. The van der Waals surface area contributed by atoms with Gasteiger partial charge in [0.15, 0.2) is 23.2 Å². The SMILES string of the molecule is O=C1Nc2c(F)ccc(F)c2Oc2nnc(N3CCN(C(=O)c4ccccc4C(F)(F)F)CC3)cc21. The molecule has 0 spiro atoms. The highest BCUT2D eigenvalue weighted by Gasteiger charge is 2.36. The van der Waals surface area contributed by atoms with E-state index in [4.69, 9.17) is 4.74 Å². The van der Waals surface area contributed by atoms with Gasteiger partial charge >= 0.3 is 6.18 Å². The first kappa shape index (κ1) is 23.5. The van der Waals surface area contributed by atoms with E-state index in [0.29, 0.717) is 0 Å². The van der Waals surface area contributed by atoms with Crippen LogP contribution in [-0.2, 0) is 6.18 Å². The molecule has 0 unspecified atom stereocenters. The number of hydrogen-bond acceptors (Lipinski definition) is 6. The molecule has 1 fully saturated rings. The fourth-order valence-corrected chi connectivity index (χ4v) is 4.02. The predicted octanol–water partition coefficient (Wildman–Crippen LogP) is 4.09. The van der Waals surface area contributed by atoms with E-state index in [1.165, 1.54) is 23.1 Å².